The molecule has 0 spiro atoms. The van der Waals surface area contributed by atoms with Crippen molar-refractivity contribution in [3.8, 4) is 16.9 Å². The van der Waals surface area contributed by atoms with Crippen LogP contribution in [0.25, 0.3) is 11.1 Å². The minimum Gasteiger partial charge on any atom is -0.507 e. The summed E-state index contributed by atoms with van der Waals surface area (Å²) in [7, 11) is 0. The Kier molecular flexibility index (Phi) is 3.15. The summed E-state index contributed by atoms with van der Waals surface area (Å²) >= 11 is 3.00. The highest BCUT2D eigenvalue weighted by Gasteiger charge is 2.17. The monoisotopic (exact) mass is 298 g/mol. The Hall–Kier alpha value is -1.42. The molecule has 0 amide bonds. The van der Waals surface area contributed by atoms with Crippen molar-refractivity contribution in [1.29, 1.82) is 0 Å². The normalized spacial score (nSPS) is 10.6. The van der Waals surface area contributed by atoms with Crippen LogP contribution >= 0.6 is 15.9 Å². The topological polar surface area (TPSA) is 20.2 Å². The third kappa shape index (κ3) is 2.17. The lowest BCUT2D eigenvalue weighted by atomic mass is 10.0. The van der Waals surface area contributed by atoms with Crippen molar-refractivity contribution < 1.29 is 13.9 Å². The number of aryl methyl sites for hydroxylation is 1. The second kappa shape index (κ2) is 4.45. The minimum atomic E-state index is -0.717. The Morgan fingerprint density at radius 2 is 1.82 bits per heavy atom. The molecule has 17 heavy (non-hydrogen) atoms. The van der Waals surface area contributed by atoms with Crippen molar-refractivity contribution >= 4 is 15.9 Å². The van der Waals surface area contributed by atoms with Crippen LogP contribution in [0.5, 0.6) is 5.75 Å². The maximum atomic E-state index is 13.9. The standard InChI is InChI=1S/C13H9BrF2O/c1-7-2-5-11(17)8(6-7)12-10(15)4-3-9(14)13(12)16/h2-6,17H,1H3. The maximum absolute atomic E-state index is 13.9. The van der Waals surface area contributed by atoms with Crippen LogP contribution in [0.15, 0.2) is 34.8 Å². The summed E-state index contributed by atoms with van der Waals surface area (Å²) in [5.74, 6) is -1.57. The van der Waals surface area contributed by atoms with Gasteiger partial charge in [-0.15, -0.1) is 0 Å². The predicted molar refractivity (Wildman–Crippen MR) is 65.9 cm³/mol. The van der Waals surface area contributed by atoms with Crippen LogP contribution in [-0.4, -0.2) is 5.11 Å². The Bertz CT molecular complexity index is 582. The van der Waals surface area contributed by atoms with Crippen LogP contribution in [-0.2, 0) is 0 Å². The molecule has 0 unspecified atom stereocenters. The van der Waals surface area contributed by atoms with Crippen LogP contribution in [0.1, 0.15) is 5.56 Å². The molecule has 1 N–H and O–H groups in total. The third-order valence-corrected chi connectivity index (χ3v) is 3.08. The van der Waals surface area contributed by atoms with Crippen molar-refractivity contribution in [2.75, 3.05) is 0 Å². The van der Waals surface area contributed by atoms with E-state index in [1.54, 1.807) is 19.1 Å². The fourth-order valence-corrected chi connectivity index (χ4v) is 1.95. The number of rotatable bonds is 1. The van der Waals surface area contributed by atoms with Crippen molar-refractivity contribution in [1.82, 2.24) is 0 Å². The molecule has 0 saturated heterocycles. The molecule has 88 valence electrons. The maximum Gasteiger partial charge on any atom is 0.148 e. The molecular weight excluding hydrogens is 290 g/mol. The molecule has 0 heterocycles. The molecule has 0 fully saturated rings. The number of halogens is 3. The van der Waals surface area contributed by atoms with Gasteiger partial charge in [-0.2, -0.15) is 0 Å². The molecule has 0 radical (unpaired) electrons. The fraction of sp³-hybridized carbons (Fsp3) is 0.0769. The van der Waals surface area contributed by atoms with Gasteiger partial charge in [0.25, 0.3) is 0 Å². The van der Waals surface area contributed by atoms with Crippen LogP contribution in [0.4, 0.5) is 8.78 Å². The van der Waals surface area contributed by atoms with E-state index in [2.05, 4.69) is 15.9 Å². The molecule has 0 atom stereocenters. The van der Waals surface area contributed by atoms with Crippen molar-refractivity contribution in [2.45, 2.75) is 6.92 Å². The van der Waals surface area contributed by atoms with E-state index in [0.29, 0.717) is 0 Å². The number of benzene rings is 2. The highest BCUT2D eigenvalue weighted by Crippen LogP contribution is 2.36. The van der Waals surface area contributed by atoms with E-state index in [4.69, 9.17) is 0 Å². The van der Waals surface area contributed by atoms with Gasteiger partial charge in [0, 0.05) is 5.56 Å². The van der Waals surface area contributed by atoms with Gasteiger partial charge in [-0.05, 0) is 47.1 Å². The van der Waals surface area contributed by atoms with E-state index in [1.165, 1.54) is 12.1 Å². The van der Waals surface area contributed by atoms with Crippen molar-refractivity contribution in [2.24, 2.45) is 0 Å². The molecule has 1 nitrogen and oxygen atoms in total. The van der Waals surface area contributed by atoms with Crippen molar-refractivity contribution in [3.05, 3.63) is 52.0 Å². The molecule has 2 aromatic carbocycles. The molecule has 0 aliphatic carbocycles. The Balaban J connectivity index is 2.76. The first-order valence-corrected chi connectivity index (χ1v) is 5.73. The lowest BCUT2D eigenvalue weighted by molar-refractivity contribution is 0.475. The summed E-state index contributed by atoms with van der Waals surface area (Å²) in [6.45, 7) is 1.79. The van der Waals surface area contributed by atoms with Gasteiger partial charge in [0.15, 0.2) is 0 Å². The average Bonchev–Trinajstić information content (AvgIpc) is 2.29. The summed E-state index contributed by atoms with van der Waals surface area (Å²) in [6, 6.07) is 7.09. The van der Waals surface area contributed by atoms with Gasteiger partial charge in [0.2, 0.25) is 0 Å². The molecule has 0 saturated carbocycles. The smallest absolute Gasteiger partial charge is 0.148 e. The molecule has 0 bridgehead atoms. The molecule has 2 rings (SSSR count). The Labute approximate surface area is 106 Å². The van der Waals surface area contributed by atoms with E-state index in [0.717, 1.165) is 11.6 Å². The first kappa shape index (κ1) is 12.0. The summed E-state index contributed by atoms with van der Waals surface area (Å²) in [5, 5.41) is 9.68. The lowest BCUT2D eigenvalue weighted by Crippen LogP contribution is -1.92. The lowest BCUT2D eigenvalue weighted by Gasteiger charge is -2.09. The van der Waals surface area contributed by atoms with Crippen molar-refractivity contribution in [3.63, 3.8) is 0 Å². The van der Waals surface area contributed by atoms with Crippen LogP contribution < -0.4 is 0 Å². The van der Waals surface area contributed by atoms with Gasteiger partial charge in [0.05, 0.1) is 10.0 Å². The molecule has 0 aliphatic rings. The number of aromatic hydroxyl groups is 1. The van der Waals surface area contributed by atoms with Gasteiger partial charge >= 0.3 is 0 Å². The molecule has 2 aromatic rings. The first-order chi connectivity index (χ1) is 8.00. The molecule has 0 aromatic heterocycles. The van der Waals surface area contributed by atoms with E-state index >= 15 is 0 Å². The van der Waals surface area contributed by atoms with Gasteiger partial charge in [-0.1, -0.05) is 11.6 Å². The zero-order valence-corrected chi connectivity index (χ0v) is 10.6. The highest BCUT2D eigenvalue weighted by atomic mass is 79.9. The average molecular weight is 299 g/mol. The van der Waals surface area contributed by atoms with Gasteiger partial charge in [-0.25, -0.2) is 8.78 Å². The summed E-state index contributed by atoms with van der Waals surface area (Å²) in [6.07, 6.45) is 0. The first-order valence-electron chi connectivity index (χ1n) is 4.94. The van der Waals surface area contributed by atoms with Gasteiger partial charge in [-0.3, -0.25) is 0 Å². The molecule has 0 aliphatic heterocycles. The van der Waals surface area contributed by atoms with Crippen LogP contribution in [0, 0.1) is 18.6 Å². The zero-order valence-electron chi connectivity index (χ0n) is 8.97. The number of hydrogen-bond donors (Lipinski definition) is 1. The second-order valence-corrected chi connectivity index (χ2v) is 4.59. The Morgan fingerprint density at radius 3 is 2.53 bits per heavy atom. The quantitative estimate of drug-likeness (QED) is 0.773. The van der Waals surface area contributed by atoms with E-state index in [-0.39, 0.29) is 21.3 Å². The van der Waals surface area contributed by atoms with E-state index in [9.17, 15) is 13.9 Å². The Morgan fingerprint density at radius 1 is 1.12 bits per heavy atom. The summed E-state index contributed by atoms with van der Waals surface area (Å²) in [5.41, 5.74) is 0.749. The second-order valence-electron chi connectivity index (χ2n) is 3.74. The van der Waals surface area contributed by atoms with Crippen LogP contribution in [0.2, 0.25) is 0 Å². The molecular formula is C13H9BrF2O. The minimum absolute atomic E-state index is 0.147. The fourth-order valence-electron chi connectivity index (χ4n) is 1.62. The number of phenols is 1. The summed E-state index contributed by atoms with van der Waals surface area (Å²) in [4.78, 5) is 0. The SMILES string of the molecule is Cc1ccc(O)c(-c2c(F)ccc(Br)c2F)c1. The van der Waals surface area contributed by atoms with Gasteiger partial charge in [0.1, 0.15) is 17.4 Å². The van der Waals surface area contributed by atoms with E-state index < -0.39 is 11.6 Å². The van der Waals surface area contributed by atoms with Gasteiger partial charge < -0.3 is 5.11 Å². The highest BCUT2D eigenvalue weighted by molar-refractivity contribution is 9.10. The predicted octanol–water partition coefficient (Wildman–Crippen LogP) is 4.41. The number of phenolic OH excluding ortho intramolecular Hbond substituents is 1. The zero-order chi connectivity index (χ0) is 12.6. The summed E-state index contributed by atoms with van der Waals surface area (Å²) < 4.78 is 27.7. The third-order valence-electron chi connectivity index (χ3n) is 2.47. The largest absolute Gasteiger partial charge is 0.507 e. The van der Waals surface area contributed by atoms with E-state index in [1.807, 2.05) is 0 Å². The number of hydrogen-bond acceptors (Lipinski definition) is 1. The molecule has 4 heteroatoms. The van der Waals surface area contributed by atoms with Crippen LogP contribution in [0.3, 0.4) is 0 Å².